The third-order valence-corrected chi connectivity index (χ3v) is 3.58. The van der Waals surface area contributed by atoms with Gasteiger partial charge in [0.1, 0.15) is 0 Å². The molecule has 2 heteroatoms. The van der Waals surface area contributed by atoms with Gasteiger partial charge in [0.25, 0.3) is 0 Å². The molecule has 0 aliphatic rings. The summed E-state index contributed by atoms with van der Waals surface area (Å²) in [5.41, 5.74) is 0. The van der Waals surface area contributed by atoms with Gasteiger partial charge in [0.15, 0.2) is 0 Å². The second-order valence-electron chi connectivity index (χ2n) is 3.98. The van der Waals surface area contributed by atoms with Gasteiger partial charge >= 0.3 is 0 Å². The molecular formula is C8H21NS. The lowest BCUT2D eigenvalue weighted by molar-refractivity contribution is 0.459. The van der Waals surface area contributed by atoms with Gasteiger partial charge in [-0.2, -0.15) is 10.2 Å². The van der Waals surface area contributed by atoms with E-state index in [-0.39, 0.29) is 0 Å². The van der Waals surface area contributed by atoms with Crippen molar-refractivity contribution in [1.29, 1.82) is 0 Å². The highest BCUT2D eigenvalue weighted by Gasteiger charge is 2.11. The van der Waals surface area contributed by atoms with Crippen LogP contribution in [0.4, 0.5) is 0 Å². The third kappa shape index (κ3) is 4.18. The highest BCUT2D eigenvalue weighted by Crippen LogP contribution is 2.38. The Bertz CT molecular complexity index is 93.9. The number of nitrogens with zero attached hydrogens (tertiary/aromatic N) is 1. The number of hydrogen-bond acceptors (Lipinski definition) is 1. The van der Waals surface area contributed by atoms with Gasteiger partial charge < -0.3 is 0 Å². The molecular weight excluding hydrogens is 142 g/mol. The van der Waals surface area contributed by atoms with Crippen LogP contribution < -0.4 is 0 Å². The summed E-state index contributed by atoms with van der Waals surface area (Å²) in [5.74, 6) is 0.789. The molecule has 64 valence electrons. The first-order valence-electron chi connectivity index (χ1n) is 3.73. The van der Waals surface area contributed by atoms with E-state index in [4.69, 9.17) is 0 Å². The predicted octanol–water partition coefficient (Wildman–Crippen LogP) is 2.18. The van der Waals surface area contributed by atoms with Crippen LogP contribution in [0.25, 0.3) is 0 Å². The quantitative estimate of drug-likeness (QED) is 0.616. The second kappa shape index (κ2) is 3.63. The largest absolute Gasteiger partial charge is 0.271 e. The summed E-state index contributed by atoms with van der Waals surface area (Å²) < 4.78 is 2.47. The van der Waals surface area contributed by atoms with E-state index in [1.807, 2.05) is 0 Å². The van der Waals surface area contributed by atoms with Gasteiger partial charge in [-0.15, -0.1) is 0 Å². The molecule has 0 radical (unpaired) electrons. The Morgan fingerprint density at radius 2 is 1.60 bits per heavy atom. The van der Waals surface area contributed by atoms with Crippen LogP contribution >= 0.6 is 10.2 Å². The molecule has 0 amide bonds. The van der Waals surface area contributed by atoms with Crippen LogP contribution in [0, 0.1) is 5.92 Å². The lowest BCUT2D eigenvalue weighted by atomic mass is 10.2. The van der Waals surface area contributed by atoms with Gasteiger partial charge in [-0.3, -0.25) is 4.31 Å². The van der Waals surface area contributed by atoms with E-state index in [0.29, 0.717) is 0 Å². The summed E-state index contributed by atoms with van der Waals surface area (Å²) in [6, 6.07) is 0. The van der Waals surface area contributed by atoms with Crippen LogP contribution in [0.5, 0.6) is 0 Å². The average Bonchev–Trinajstić information content (AvgIpc) is 1.60. The maximum absolute atomic E-state index is 2.47. The Morgan fingerprint density at radius 1 is 1.20 bits per heavy atom. The molecule has 0 aromatic heterocycles. The highest BCUT2D eigenvalue weighted by molar-refractivity contribution is 8.30. The zero-order chi connectivity index (χ0) is 8.36. The van der Waals surface area contributed by atoms with E-state index in [1.54, 1.807) is 0 Å². The number of hydrogen-bond donors (Lipinski definition) is 0. The molecule has 0 rings (SSSR count). The Hall–Kier alpha value is 0.310. The molecule has 0 saturated heterocycles. The topological polar surface area (TPSA) is 3.24 Å². The molecule has 0 aliphatic heterocycles. The van der Waals surface area contributed by atoms with Crippen molar-refractivity contribution in [2.75, 3.05) is 32.4 Å². The van der Waals surface area contributed by atoms with Crippen molar-refractivity contribution in [3.8, 4) is 0 Å². The van der Waals surface area contributed by atoms with E-state index in [1.165, 1.54) is 6.54 Å². The Kier molecular flexibility index (Phi) is 3.74. The van der Waals surface area contributed by atoms with E-state index < -0.39 is 10.2 Å². The molecule has 0 fully saturated rings. The summed E-state index contributed by atoms with van der Waals surface area (Å²) in [6.07, 6.45) is 6.99. The van der Waals surface area contributed by atoms with Gasteiger partial charge in [0.05, 0.1) is 0 Å². The van der Waals surface area contributed by atoms with Gasteiger partial charge in [-0.25, -0.2) is 0 Å². The summed E-state index contributed by atoms with van der Waals surface area (Å²) in [5, 5.41) is 0. The molecule has 10 heavy (non-hydrogen) atoms. The van der Waals surface area contributed by atoms with Crippen LogP contribution in [0.2, 0.25) is 0 Å². The van der Waals surface area contributed by atoms with E-state index in [0.717, 1.165) is 5.92 Å². The third-order valence-electron chi connectivity index (χ3n) is 1.56. The van der Waals surface area contributed by atoms with E-state index in [2.05, 4.69) is 44.0 Å². The monoisotopic (exact) mass is 163 g/mol. The van der Waals surface area contributed by atoms with Crippen LogP contribution in [0.3, 0.4) is 0 Å². The fourth-order valence-corrected chi connectivity index (χ4v) is 1.48. The maximum Gasteiger partial charge on any atom is 0.00938 e. The predicted molar refractivity (Wildman–Crippen MR) is 52.8 cm³/mol. The van der Waals surface area contributed by atoms with Crippen molar-refractivity contribution >= 4 is 10.2 Å². The van der Waals surface area contributed by atoms with Gasteiger partial charge in [0.2, 0.25) is 0 Å². The fourth-order valence-electron chi connectivity index (χ4n) is 0.738. The minimum absolute atomic E-state index is 0.465. The molecule has 0 aromatic carbocycles. The summed E-state index contributed by atoms with van der Waals surface area (Å²) in [7, 11) is 1.75. The van der Waals surface area contributed by atoms with Gasteiger partial charge in [-0.05, 0) is 31.7 Å². The van der Waals surface area contributed by atoms with Gasteiger partial charge in [0, 0.05) is 6.54 Å². The first kappa shape index (κ1) is 10.3. The highest BCUT2D eigenvalue weighted by atomic mass is 32.3. The molecule has 0 saturated carbocycles. The van der Waals surface area contributed by atoms with Crippen molar-refractivity contribution < 1.29 is 0 Å². The molecule has 0 unspecified atom stereocenters. The first-order chi connectivity index (χ1) is 4.34. The van der Waals surface area contributed by atoms with Crippen molar-refractivity contribution in [2.45, 2.75) is 13.8 Å². The number of rotatable bonds is 3. The smallest absolute Gasteiger partial charge is 0.00938 e. The zero-order valence-electron chi connectivity index (χ0n) is 8.14. The molecule has 1 nitrogen and oxygen atoms in total. The van der Waals surface area contributed by atoms with Crippen LogP contribution in [0.1, 0.15) is 13.8 Å². The average molecular weight is 163 g/mol. The molecule has 0 bridgehead atoms. The lowest BCUT2D eigenvalue weighted by Crippen LogP contribution is -2.25. The molecule has 0 heterocycles. The standard InChI is InChI=1S/C8H21NS/c1-8(2)7-9(3)10(4,5)6/h8H,7H2,1-6H3. The maximum atomic E-state index is 2.47. The van der Waals surface area contributed by atoms with Crippen molar-refractivity contribution in [3.05, 3.63) is 0 Å². The van der Waals surface area contributed by atoms with Gasteiger partial charge in [-0.1, -0.05) is 13.8 Å². The minimum atomic E-state index is -0.465. The van der Waals surface area contributed by atoms with E-state index >= 15 is 0 Å². The van der Waals surface area contributed by atoms with Crippen LogP contribution in [-0.2, 0) is 0 Å². The SMILES string of the molecule is CC(C)CN(C)S(C)(C)C. The zero-order valence-corrected chi connectivity index (χ0v) is 8.96. The van der Waals surface area contributed by atoms with Crippen molar-refractivity contribution in [1.82, 2.24) is 4.31 Å². The van der Waals surface area contributed by atoms with Crippen LogP contribution in [0.15, 0.2) is 0 Å². The van der Waals surface area contributed by atoms with Crippen molar-refractivity contribution in [2.24, 2.45) is 5.92 Å². The summed E-state index contributed by atoms with van der Waals surface area (Å²) in [4.78, 5) is 0. The molecule has 0 N–H and O–H groups in total. The van der Waals surface area contributed by atoms with Crippen LogP contribution in [-0.4, -0.2) is 36.7 Å². The Labute approximate surface area is 67.2 Å². The molecule has 0 spiro atoms. The Morgan fingerprint density at radius 3 is 1.70 bits per heavy atom. The summed E-state index contributed by atoms with van der Waals surface area (Å²) >= 11 is 0. The normalized spacial score (nSPS) is 14.8. The minimum Gasteiger partial charge on any atom is -0.271 e. The van der Waals surface area contributed by atoms with Crippen molar-refractivity contribution in [3.63, 3.8) is 0 Å². The molecule has 0 aromatic rings. The molecule has 0 aliphatic carbocycles. The van der Waals surface area contributed by atoms with E-state index in [9.17, 15) is 0 Å². The Balaban J connectivity index is 3.73. The molecule has 0 atom stereocenters. The fraction of sp³-hybridized carbons (Fsp3) is 1.00. The first-order valence-corrected chi connectivity index (χ1v) is 6.55. The second-order valence-corrected chi connectivity index (χ2v) is 8.15. The summed E-state index contributed by atoms with van der Waals surface area (Å²) in [6.45, 7) is 5.75. The lowest BCUT2D eigenvalue weighted by Gasteiger charge is -2.38.